The standard InChI is InChI=1S/C16H20N2O4/c1-3-18(4-2)7-8-22-11-5-6-12-13(9-11)17-14(16(20)21)10-15(12)19/h5-6,9-10H,3-4,7-8H2,1-2H3,(H,17,19)(H,20,21). The summed E-state index contributed by atoms with van der Waals surface area (Å²) < 4.78 is 5.68. The molecule has 118 valence electrons. The summed E-state index contributed by atoms with van der Waals surface area (Å²) in [7, 11) is 0. The predicted octanol–water partition coefficient (Wildman–Crippen LogP) is 2.36. The van der Waals surface area contributed by atoms with Gasteiger partial charge in [-0.3, -0.25) is 0 Å². The van der Waals surface area contributed by atoms with Gasteiger partial charge in [0.05, 0.1) is 5.52 Å². The molecule has 22 heavy (non-hydrogen) atoms. The van der Waals surface area contributed by atoms with Crippen molar-refractivity contribution < 1.29 is 19.7 Å². The lowest BCUT2D eigenvalue weighted by Crippen LogP contribution is -2.27. The maximum atomic E-state index is 11.0. The molecule has 1 heterocycles. The van der Waals surface area contributed by atoms with Gasteiger partial charge in [-0.05, 0) is 25.2 Å². The van der Waals surface area contributed by atoms with E-state index in [0.29, 0.717) is 23.3 Å². The van der Waals surface area contributed by atoms with Crippen LogP contribution in [0.3, 0.4) is 0 Å². The summed E-state index contributed by atoms with van der Waals surface area (Å²) in [5.74, 6) is -0.670. The van der Waals surface area contributed by atoms with Gasteiger partial charge in [0.2, 0.25) is 0 Å². The minimum absolute atomic E-state index is 0.0999. The maximum absolute atomic E-state index is 11.0. The predicted molar refractivity (Wildman–Crippen MR) is 83.7 cm³/mol. The number of fused-ring (bicyclic) bond motifs is 1. The highest BCUT2D eigenvalue weighted by Crippen LogP contribution is 2.27. The third-order valence-electron chi connectivity index (χ3n) is 3.55. The molecule has 2 N–H and O–H groups in total. The first-order chi connectivity index (χ1) is 10.5. The van der Waals surface area contributed by atoms with Gasteiger partial charge in [-0.15, -0.1) is 0 Å². The number of hydrogen-bond acceptors (Lipinski definition) is 5. The Labute approximate surface area is 129 Å². The fraction of sp³-hybridized carbons (Fsp3) is 0.375. The van der Waals surface area contributed by atoms with E-state index in [1.54, 1.807) is 18.2 Å². The molecule has 0 spiro atoms. The van der Waals surface area contributed by atoms with E-state index in [1.165, 1.54) is 0 Å². The van der Waals surface area contributed by atoms with Crippen LogP contribution in [0.5, 0.6) is 11.5 Å². The fourth-order valence-corrected chi connectivity index (χ4v) is 2.22. The van der Waals surface area contributed by atoms with Crippen LogP contribution in [0.1, 0.15) is 24.3 Å². The molecular formula is C16H20N2O4. The Morgan fingerprint density at radius 1 is 1.27 bits per heavy atom. The van der Waals surface area contributed by atoms with E-state index < -0.39 is 5.97 Å². The summed E-state index contributed by atoms with van der Waals surface area (Å²) in [5.41, 5.74) is 0.211. The Morgan fingerprint density at radius 3 is 2.64 bits per heavy atom. The van der Waals surface area contributed by atoms with Crippen LogP contribution in [0, 0.1) is 0 Å². The molecule has 1 aromatic carbocycles. The van der Waals surface area contributed by atoms with Crippen molar-refractivity contribution in [1.82, 2.24) is 9.88 Å². The average Bonchev–Trinajstić information content (AvgIpc) is 2.51. The summed E-state index contributed by atoms with van der Waals surface area (Å²) in [5, 5.41) is 19.3. The van der Waals surface area contributed by atoms with Gasteiger partial charge in [0, 0.05) is 24.1 Å². The number of carbonyl (C=O) groups is 1. The Bertz CT molecular complexity index is 668. The molecule has 0 aliphatic heterocycles. The molecule has 0 fully saturated rings. The molecule has 0 bridgehead atoms. The summed E-state index contributed by atoms with van der Waals surface area (Å²) in [6, 6.07) is 6.21. The molecule has 1 aromatic heterocycles. The molecule has 2 rings (SSSR count). The highest BCUT2D eigenvalue weighted by Gasteiger charge is 2.11. The second-order valence-electron chi connectivity index (χ2n) is 4.89. The zero-order valence-corrected chi connectivity index (χ0v) is 12.7. The Hall–Kier alpha value is -2.34. The lowest BCUT2D eigenvalue weighted by Gasteiger charge is -2.18. The Kier molecular flexibility index (Phi) is 5.16. The number of carboxylic acid groups (broad SMARTS) is 1. The van der Waals surface area contributed by atoms with E-state index in [0.717, 1.165) is 25.7 Å². The van der Waals surface area contributed by atoms with E-state index in [-0.39, 0.29) is 11.4 Å². The van der Waals surface area contributed by atoms with Gasteiger partial charge in [0.15, 0.2) is 5.69 Å². The first kappa shape index (κ1) is 16.0. The Balaban J connectivity index is 2.17. The fourth-order valence-electron chi connectivity index (χ4n) is 2.22. The number of ether oxygens (including phenoxy) is 1. The third kappa shape index (κ3) is 3.65. The SMILES string of the molecule is CCN(CC)CCOc1ccc2c(O)cc(C(=O)O)nc2c1. The number of benzene rings is 1. The van der Waals surface area contributed by atoms with Crippen LogP contribution >= 0.6 is 0 Å². The van der Waals surface area contributed by atoms with Crippen molar-refractivity contribution in [3.8, 4) is 11.5 Å². The largest absolute Gasteiger partial charge is 0.507 e. The smallest absolute Gasteiger partial charge is 0.354 e. The van der Waals surface area contributed by atoms with Gasteiger partial charge in [-0.1, -0.05) is 13.8 Å². The second-order valence-corrected chi connectivity index (χ2v) is 4.89. The average molecular weight is 304 g/mol. The van der Waals surface area contributed by atoms with E-state index in [4.69, 9.17) is 9.84 Å². The van der Waals surface area contributed by atoms with Crippen molar-refractivity contribution in [3.63, 3.8) is 0 Å². The molecule has 0 aliphatic rings. The molecule has 6 nitrogen and oxygen atoms in total. The van der Waals surface area contributed by atoms with Crippen molar-refractivity contribution in [2.75, 3.05) is 26.2 Å². The van der Waals surface area contributed by atoms with Crippen molar-refractivity contribution in [2.24, 2.45) is 0 Å². The molecule has 0 amide bonds. The number of nitrogens with zero attached hydrogens (tertiary/aromatic N) is 2. The van der Waals surface area contributed by atoms with Crippen LogP contribution in [-0.4, -0.2) is 52.3 Å². The van der Waals surface area contributed by atoms with Gasteiger partial charge in [-0.2, -0.15) is 0 Å². The number of hydrogen-bond donors (Lipinski definition) is 2. The van der Waals surface area contributed by atoms with Gasteiger partial charge in [0.25, 0.3) is 0 Å². The summed E-state index contributed by atoms with van der Waals surface area (Å²) >= 11 is 0. The monoisotopic (exact) mass is 304 g/mol. The summed E-state index contributed by atoms with van der Waals surface area (Å²) in [6.45, 7) is 7.49. The van der Waals surface area contributed by atoms with E-state index in [1.807, 2.05) is 0 Å². The Morgan fingerprint density at radius 2 is 2.00 bits per heavy atom. The molecule has 0 radical (unpaired) electrons. The van der Waals surface area contributed by atoms with Crippen molar-refractivity contribution in [3.05, 3.63) is 30.0 Å². The molecule has 0 aliphatic carbocycles. The topological polar surface area (TPSA) is 82.9 Å². The third-order valence-corrected chi connectivity index (χ3v) is 3.55. The van der Waals surface area contributed by atoms with Gasteiger partial charge in [-0.25, -0.2) is 9.78 Å². The first-order valence-electron chi connectivity index (χ1n) is 7.27. The molecule has 6 heteroatoms. The molecule has 0 saturated heterocycles. The minimum Gasteiger partial charge on any atom is -0.507 e. The highest BCUT2D eigenvalue weighted by molar-refractivity contribution is 5.93. The zero-order valence-electron chi connectivity index (χ0n) is 12.7. The number of aromatic hydroxyl groups is 1. The van der Waals surface area contributed by atoms with Gasteiger partial charge >= 0.3 is 5.97 Å². The number of aromatic nitrogens is 1. The van der Waals surface area contributed by atoms with E-state index in [9.17, 15) is 9.90 Å². The lowest BCUT2D eigenvalue weighted by atomic mass is 10.1. The molecule has 0 unspecified atom stereocenters. The van der Waals surface area contributed by atoms with Gasteiger partial charge in [0.1, 0.15) is 18.1 Å². The summed E-state index contributed by atoms with van der Waals surface area (Å²) in [4.78, 5) is 17.3. The van der Waals surface area contributed by atoms with E-state index in [2.05, 4.69) is 23.7 Å². The zero-order chi connectivity index (χ0) is 16.1. The van der Waals surface area contributed by atoms with Gasteiger partial charge < -0.3 is 19.8 Å². The quantitative estimate of drug-likeness (QED) is 0.817. The number of aromatic carboxylic acids is 1. The second kappa shape index (κ2) is 7.09. The molecule has 0 atom stereocenters. The van der Waals surface area contributed by atoms with Crippen LogP contribution in [0.25, 0.3) is 10.9 Å². The molecular weight excluding hydrogens is 284 g/mol. The molecule has 0 saturated carbocycles. The number of carboxylic acids is 1. The number of rotatable bonds is 7. The van der Waals surface area contributed by atoms with Crippen LogP contribution in [0.4, 0.5) is 0 Å². The normalized spacial score (nSPS) is 11.0. The van der Waals surface area contributed by atoms with Crippen molar-refractivity contribution in [1.29, 1.82) is 0 Å². The maximum Gasteiger partial charge on any atom is 0.354 e. The van der Waals surface area contributed by atoms with Crippen LogP contribution in [0.2, 0.25) is 0 Å². The van der Waals surface area contributed by atoms with Crippen molar-refractivity contribution >= 4 is 16.9 Å². The van der Waals surface area contributed by atoms with Crippen molar-refractivity contribution in [2.45, 2.75) is 13.8 Å². The molecule has 2 aromatic rings. The summed E-state index contributed by atoms with van der Waals surface area (Å²) in [6.07, 6.45) is 0. The number of pyridine rings is 1. The minimum atomic E-state index is -1.18. The lowest BCUT2D eigenvalue weighted by molar-refractivity contribution is 0.0690. The highest BCUT2D eigenvalue weighted by atomic mass is 16.5. The first-order valence-corrected chi connectivity index (χ1v) is 7.27. The van der Waals surface area contributed by atoms with Crippen LogP contribution in [-0.2, 0) is 0 Å². The van der Waals surface area contributed by atoms with Crippen LogP contribution in [0.15, 0.2) is 24.3 Å². The van der Waals surface area contributed by atoms with Crippen LogP contribution < -0.4 is 4.74 Å². The number of likely N-dealkylation sites (N-methyl/N-ethyl adjacent to an activating group) is 1. The van der Waals surface area contributed by atoms with E-state index >= 15 is 0 Å².